The summed E-state index contributed by atoms with van der Waals surface area (Å²) in [6.45, 7) is 3.14. The Morgan fingerprint density at radius 1 is 1.08 bits per heavy atom. The van der Waals surface area contributed by atoms with E-state index in [1.165, 1.54) is 12.1 Å². The lowest BCUT2D eigenvalue weighted by molar-refractivity contribution is -0.138. The van der Waals surface area contributed by atoms with Gasteiger partial charge >= 0.3 is 0 Å². The maximum Gasteiger partial charge on any atom is 0.267 e. The summed E-state index contributed by atoms with van der Waals surface area (Å²) in [5.41, 5.74) is 0.933. The zero-order chi connectivity index (χ0) is 17.3. The van der Waals surface area contributed by atoms with Gasteiger partial charge in [-0.2, -0.15) is 0 Å². The van der Waals surface area contributed by atoms with E-state index in [2.05, 4.69) is 0 Å². The molecule has 0 spiro atoms. The molecule has 0 saturated carbocycles. The molecule has 0 unspecified atom stereocenters. The van der Waals surface area contributed by atoms with E-state index in [-0.39, 0.29) is 23.6 Å². The Morgan fingerprint density at radius 3 is 2.33 bits per heavy atom. The molecular weight excluding hydrogens is 328 g/mol. The summed E-state index contributed by atoms with van der Waals surface area (Å²) < 4.78 is 26.6. The molecule has 2 aliphatic heterocycles. The van der Waals surface area contributed by atoms with E-state index in [1.54, 1.807) is 17.0 Å². The molecule has 0 bridgehead atoms. The van der Waals surface area contributed by atoms with Gasteiger partial charge in [0.1, 0.15) is 6.04 Å². The van der Waals surface area contributed by atoms with Crippen LogP contribution in [-0.4, -0.2) is 48.6 Å². The monoisotopic (exact) mass is 350 g/mol. The molecule has 1 aromatic carbocycles. The number of amides is 2. The van der Waals surface area contributed by atoms with Gasteiger partial charge in [0, 0.05) is 19.5 Å². The zero-order valence-electron chi connectivity index (χ0n) is 13.8. The van der Waals surface area contributed by atoms with Crippen LogP contribution in [0.1, 0.15) is 37.7 Å². The number of sulfonamides is 1. The van der Waals surface area contributed by atoms with Crippen molar-refractivity contribution in [3.05, 3.63) is 29.8 Å². The van der Waals surface area contributed by atoms with Gasteiger partial charge < -0.3 is 4.90 Å². The molecule has 2 fully saturated rings. The van der Waals surface area contributed by atoms with Gasteiger partial charge in [-0.1, -0.05) is 17.7 Å². The van der Waals surface area contributed by atoms with Crippen molar-refractivity contribution in [2.75, 3.05) is 13.1 Å². The van der Waals surface area contributed by atoms with Crippen molar-refractivity contribution >= 4 is 21.8 Å². The van der Waals surface area contributed by atoms with Crippen molar-refractivity contribution in [2.24, 2.45) is 0 Å². The highest BCUT2D eigenvalue weighted by Gasteiger charge is 2.45. The molecule has 0 aromatic heterocycles. The van der Waals surface area contributed by atoms with Crippen LogP contribution in [0.5, 0.6) is 0 Å². The van der Waals surface area contributed by atoms with Gasteiger partial charge in [0.05, 0.1) is 4.90 Å². The second-order valence-corrected chi connectivity index (χ2v) is 8.26. The number of hydrogen-bond donors (Lipinski definition) is 0. The summed E-state index contributed by atoms with van der Waals surface area (Å²) in [6.07, 6.45) is 3.29. The van der Waals surface area contributed by atoms with Crippen molar-refractivity contribution in [3.8, 4) is 0 Å². The van der Waals surface area contributed by atoms with E-state index in [1.807, 2.05) is 6.92 Å². The predicted molar refractivity (Wildman–Crippen MR) is 88.7 cm³/mol. The minimum Gasteiger partial charge on any atom is -0.341 e. The van der Waals surface area contributed by atoms with Gasteiger partial charge in [-0.25, -0.2) is 12.7 Å². The summed E-state index contributed by atoms with van der Waals surface area (Å²) in [7, 11) is -4.00. The zero-order valence-corrected chi connectivity index (χ0v) is 14.6. The highest BCUT2D eigenvalue weighted by molar-refractivity contribution is 7.89. The summed E-state index contributed by atoms with van der Waals surface area (Å²) >= 11 is 0. The molecule has 0 radical (unpaired) electrons. The standard InChI is InChI=1S/C17H22N2O4S/c1-13-5-7-14(8-6-13)24(22,23)19-15(9-10-16(19)20)17(21)18-11-3-2-4-12-18/h5-8,15H,2-4,9-12H2,1H3/t15-/m1/s1. The molecule has 130 valence electrons. The largest absolute Gasteiger partial charge is 0.341 e. The van der Waals surface area contributed by atoms with E-state index in [9.17, 15) is 18.0 Å². The minimum absolute atomic E-state index is 0.0554. The molecule has 2 aliphatic rings. The quantitative estimate of drug-likeness (QED) is 0.831. The van der Waals surface area contributed by atoms with Crippen LogP contribution in [0.25, 0.3) is 0 Å². The summed E-state index contributed by atoms with van der Waals surface area (Å²) in [5, 5.41) is 0. The summed E-state index contributed by atoms with van der Waals surface area (Å²) in [5.74, 6) is -0.734. The molecule has 0 N–H and O–H groups in total. The fraction of sp³-hybridized carbons (Fsp3) is 0.529. The Balaban J connectivity index is 1.90. The van der Waals surface area contributed by atoms with Crippen LogP contribution in [0, 0.1) is 6.92 Å². The fourth-order valence-corrected chi connectivity index (χ4v) is 4.93. The van der Waals surface area contributed by atoms with Crippen molar-refractivity contribution in [1.82, 2.24) is 9.21 Å². The molecule has 7 heteroatoms. The number of aryl methyl sites for hydroxylation is 1. The minimum atomic E-state index is -4.00. The number of nitrogens with zero attached hydrogens (tertiary/aromatic N) is 2. The van der Waals surface area contributed by atoms with Gasteiger partial charge in [-0.05, 0) is 44.7 Å². The SMILES string of the molecule is Cc1ccc(S(=O)(=O)N2C(=O)CC[C@@H]2C(=O)N2CCCCC2)cc1. The number of hydrogen-bond acceptors (Lipinski definition) is 4. The first kappa shape index (κ1) is 17.0. The molecule has 24 heavy (non-hydrogen) atoms. The molecule has 2 saturated heterocycles. The Kier molecular flexibility index (Phi) is 4.62. The van der Waals surface area contributed by atoms with Crippen molar-refractivity contribution in [3.63, 3.8) is 0 Å². The predicted octanol–water partition coefficient (Wildman–Crippen LogP) is 1.69. The number of benzene rings is 1. The van der Waals surface area contributed by atoms with E-state index < -0.39 is 22.0 Å². The first-order valence-corrected chi connectivity index (χ1v) is 9.78. The van der Waals surface area contributed by atoms with Gasteiger partial charge in [0.25, 0.3) is 10.0 Å². The normalized spacial score (nSPS) is 22.0. The Hall–Kier alpha value is -1.89. The fourth-order valence-electron chi connectivity index (χ4n) is 3.34. The molecule has 0 aliphatic carbocycles. The van der Waals surface area contributed by atoms with Crippen LogP contribution in [0.3, 0.4) is 0 Å². The van der Waals surface area contributed by atoms with Gasteiger partial charge in [0.2, 0.25) is 11.8 Å². The number of carbonyl (C=O) groups excluding carboxylic acids is 2. The lowest BCUT2D eigenvalue weighted by atomic mass is 10.1. The second-order valence-electron chi connectivity index (χ2n) is 6.45. The average molecular weight is 350 g/mol. The molecule has 1 aromatic rings. The summed E-state index contributed by atoms with van der Waals surface area (Å²) in [6, 6.07) is 5.45. The smallest absolute Gasteiger partial charge is 0.267 e. The number of rotatable bonds is 3. The van der Waals surface area contributed by atoms with Crippen LogP contribution in [0.15, 0.2) is 29.2 Å². The highest BCUT2D eigenvalue weighted by Crippen LogP contribution is 2.29. The van der Waals surface area contributed by atoms with Gasteiger partial charge in [-0.15, -0.1) is 0 Å². The third-order valence-electron chi connectivity index (χ3n) is 4.69. The van der Waals surface area contributed by atoms with Crippen LogP contribution in [-0.2, 0) is 19.6 Å². The van der Waals surface area contributed by atoms with Crippen LogP contribution in [0.4, 0.5) is 0 Å². The Labute approximate surface area is 142 Å². The summed E-state index contributed by atoms with van der Waals surface area (Å²) in [4.78, 5) is 26.7. The van der Waals surface area contributed by atoms with Crippen molar-refractivity contribution < 1.29 is 18.0 Å². The molecular formula is C17H22N2O4S. The van der Waals surface area contributed by atoms with Crippen molar-refractivity contribution in [2.45, 2.75) is 50.0 Å². The topological polar surface area (TPSA) is 74.8 Å². The number of likely N-dealkylation sites (tertiary alicyclic amines) is 1. The van der Waals surface area contributed by atoms with Gasteiger partial charge in [0.15, 0.2) is 0 Å². The Morgan fingerprint density at radius 2 is 1.71 bits per heavy atom. The lowest BCUT2D eigenvalue weighted by Gasteiger charge is -2.32. The second kappa shape index (κ2) is 6.55. The first-order valence-electron chi connectivity index (χ1n) is 8.34. The van der Waals surface area contributed by atoms with Crippen LogP contribution < -0.4 is 0 Å². The van der Waals surface area contributed by atoms with Crippen molar-refractivity contribution in [1.29, 1.82) is 0 Å². The van der Waals surface area contributed by atoms with Crippen LogP contribution >= 0.6 is 0 Å². The van der Waals surface area contributed by atoms with Crippen LogP contribution in [0.2, 0.25) is 0 Å². The molecule has 6 nitrogen and oxygen atoms in total. The van der Waals surface area contributed by atoms with E-state index in [0.29, 0.717) is 13.1 Å². The molecule has 3 rings (SSSR count). The molecule has 1 atom stereocenters. The lowest BCUT2D eigenvalue weighted by Crippen LogP contribution is -2.50. The average Bonchev–Trinajstić information content (AvgIpc) is 2.98. The third-order valence-corrected chi connectivity index (χ3v) is 6.54. The number of carbonyl (C=O) groups is 2. The maximum atomic E-state index is 12.9. The number of piperidine rings is 1. The Bertz CT molecular complexity index is 736. The third kappa shape index (κ3) is 3.05. The molecule has 2 amide bonds. The maximum absolute atomic E-state index is 12.9. The molecule has 2 heterocycles. The first-order chi connectivity index (χ1) is 11.4. The van der Waals surface area contributed by atoms with E-state index >= 15 is 0 Å². The van der Waals surface area contributed by atoms with E-state index in [0.717, 1.165) is 29.1 Å². The van der Waals surface area contributed by atoms with E-state index in [4.69, 9.17) is 0 Å². The highest BCUT2D eigenvalue weighted by atomic mass is 32.2. The van der Waals surface area contributed by atoms with Gasteiger partial charge in [-0.3, -0.25) is 9.59 Å².